The number of benzene rings is 2. The van der Waals surface area contributed by atoms with E-state index < -0.39 is 5.82 Å². The van der Waals surface area contributed by atoms with Crippen molar-refractivity contribution in [2.75, 3.05) is 18.8 Å². The second kappa shape index (κ2) is 7.34. The van der Waals surface area contributed by atoms with Gasteiger partial charge in [-0.1, -0.05) is 18.2 Å². The summed E-state index contributed by atoms with van der Waals surface area (Å²) in [6.45, 7) is 0.962. The van der Waals surface area contributed by atoms with Crippen LogP contribution in [0.2, 0.25) is 0 Å². The molecule has 0 aliphatic carbocycles. The zero-order chi connectivity index (χ0) is 17.8. The molecule has 1 aliphatic rings. The standard InChI is InChI=1S/C19H20FN3O2/c20-17-7-2-1-6-16(17)19(25)23-10-8-15(9-11-23)22-18(24)13-4-3-5-14(21)12-13/h1-7,12,15H,8-11,21H2,(H,22,24). The number of nitrogens with two attached hydrogens (primary N) is 1. The third-order valence-electron chi connectivity index (χ3n) is 4.37. The van der Waals surface area contributed by atoms with Crippen LogP contribution in [0.1, 0.15) is 33.6 Å². The number of halogens is 1. The third kappa shape index (κ3) is 3.96. The number of hydrogen-bond donors (Lipinski definition) is 2. The number of hydrogen-bond acceptors (Lipinski definition) is 3. The molecule has 0 spiro atoms. The molecule has 1 saturated heterocycles. The number of nitrogens with zero attached hydrogens (tertiary/aromatic N) is 1. The van der Waals surface area contributed by atoms with Gasteiger partial charge in [0.25, 0.3) is 11.8 Å². The summed E-state index contributed by atoms with van der Waals surface area (Å²) in [6.07, 6.45) is 1.27. The summed E-state index contributed by atoms with van der Waals surface area (Å²) in [5.41, 5.74) is 6.84. The molecular weight excluding hydrogens is 321 g/mol. The molecule has 130 valence electrons. The van der Waals surface area contributed by atoms with Gasteiger partial charge in [-0.05, 0) is 43.2 Å². The molecule has 0 saturated carbocycles. The van der Waals surface area contributed by atoms with Gasteiger partial charge in [-0.15, -0.1) is 0 Å². The molecule has 25 heavy (non-hydrogen) atoms. The van der Waals surface area contributed by atoms with E-state index in [1.54, 1.807) is 41.3 Å². The van der Waals surface area contributed by atoms with Crippen LogP contribution in [-0.4, -0.2) is 35.8 Å². The van der Waals surface area contributed by atoms with Crippen LogP contribution in [0, 0.1) is 5.82 Å². The minimum Gasteiger partial charge on any atom is -0.399 e. The van der Waals surface area contributed by atoms with Crippen LogP contribution in [0.4, 0.5) is 10.1 Å². The molecule has 2 aromatic carbocycles. The minimum absolute atomic E-state index is 0.0152. The molecule has 0 unspecified atom stereocenters. The van der Waals surface area contributed by atoms with Crippen molar-refractivity contribution < 1.29 is 14.0 Å². The first-order chi connectivity index (χ1) is 12.0. The van der Waals surface area contributed by atoms with Gasteiger partial charge >= 0.3 is 0 Å². The highest BCUT2D eigenvalue weighted by Gasteiger charge is 2.26. The Balaban J connectivity index is 1.56. The molecular formula is C19H20FN3O2. The normalized spacial score (nSPS) is 15.0. The van der Waals surface area contributed by atoms with Crippen molar-refractivity contribution in [2.24, 2.45) is 0 Å². The predicted octanol–water partition coefficient (Wildman–Crippen LogP) is 2.44. The molecule has 0 atom stereocenters. The van der Waals surface area contributed by atoms with Crippen molar-refractivity contribution in [3.63, 3.8) is 0 Å². The van der Waals surface area contributed by atoms with E-state index in [0.29, 0.717) is 37.2 Å². The van der Waals surface area contributed by atoms with Crippen molar-refractivity contribution in [1.82, 2.24) is 10.2 Å². The van der Waals surface area contributed by atoms with Crippen LogP contribution in [0.3, 0.4) is 0 Å². The molecule has 0 radical (unpaired) electrons. The second-order valence-electron chi connectivity index (χ2n) is 6.15. The topological polar surface area (TPSA) is 75.4 Å². The summed E-state index contributed by atoms with van der Waals surface area (Å²) in [5.74, 6) is -0.991. The molecule has 1 aliphatic heterocycles. The fourth-order valence-corrected chi connectivity index (χ4v) is 2.98. The molecule has 1 heterocycles. The number of anilines is 1. The van der Waals surface area contributed by atoms with Gasteiger partial charge in [0.2, 0.25) is 0 Å². The maximum atomic E-state index is 13.7. The van der Waals surface area contributed by atoms with E-state index in [4.69, 9.17) is 5.73 Å². The average Bonchev–Trinajstić information content (AvgIpc) is 2.62. The molecule has 2 amide bonds. The highest BCUT2D eigenvalue weighted by atomic mass is 19.1. The van der Waals surface area contributed by atoms with E-state index in [9.17, 15) is 14.0 Å². The molecule has 0 aromatic heterocycles. The Morgan fingerprint density at radius 1 is 1.08 bits per heavy atom. The van der Waals surface area contributed by atoms with Crippen molar-refractivity contribution in [3.05, 3.63) is 65.5 Å². The molecule has 2 aromatic rings. The van der Waals surface area contributed by atoms with Crippen LogP contribution in [0.25, 0.3) is 0 Å². The van der Waals surface area contributed by atoms with Crippen LogP contribution < -0.4 is 11.1 Å². The minimum atomic E-state index is -0.510. The number of amides is 2. The highest BCUT2D eigenvalue weighted by Crippen LogP contribution is 2.16. The van der Waals surface area contributed by atoms with Gasteiger partial charge in [0, 0.05) is 30.4 Å². The van der Waals surface area contributed by atoms with E-state index in [1.165, 1.54) is 12.1 Å². The molecule has 5 nitrogen and oxygen atoms in total. The fraction of sp³-hybridized carbons (Fsp3) is 0.263. The Morgan fingerprint density at radius 2 is 1.80 bits per heavy atom. The summed E-state index contributed by atoms with van der Waals surface area (Å²) in [5, 5.41) is 2.97. The van der Waals surface area contributed by atoms with Crippen molar-refractivity contribution in [1.29, 1.82) is 0 Å². The van der Waals surface area contributed by atoms with E-state index in [-0.39, 0.29) is 23.4 Å². The van der Waals surface area contributed by atoms with Gasteiger partial charge in [0.05, 0.1) is 5.56 Å². The van der Waals surface area contributed by atoms with E-state index >= 15 is 0 Å². The van der Waals surface area contributed by atoms with E-state index in [2.05, 4.69) is 5.32 Å². The number of nitrogen functional groups attached to an aromatic ring is 1. The SMILES string of the molecule is Nc1cccc(C(=O)NC2CCN(C(=O)c3ccccc3F)CC2)c1. The van der Waals surface area contributed by atoms with Gasteiger partial charge in [0.15, 0.2) is 0 Å². The van der Waals surface area contributed by atoms with Crippen LogP contribution in [-0.2, 0) is 0 Å². The Hall–Kier alpha value is -2.89. The lowest BCUT2D eigenvalue weighted by Gasteiger charge is -2.32. The smallest absolute Gasteiger partial charge is 0.256 e. The summed E-state index contributed by atoms with van der Waals surface area (Å²) in [6, 6.07) is 12.8. The van der Waals surface area contributed by atoms with E-state index in [1.807, 2.05) is 0 Å². The van der Waals surface area contributed by atoms with Crippen LogP contribution >= 0.6 is 0 Å². The first-order valence-corrected chi connectivity index (χ1v) is 8.25. The first kappa shape index (κ1) is 17.0. The Morgan fingerprint density at radius 3 is 2.48 bits per heavy atom. The average molecular weight is 341 g/mol. The lowest BCUT2D eigenvalue weighted by atomic mass is 10.0. The summed E-state index contributed by atoms with van der Waals surface area (Å²) in [7, 11) is 0. The zero-order valence-electron chi connectivity index (χ0n) is 13.7. The number of likely N-dealkylation sites (tertiary alicyclic amines) is 1. The maximum Gasteiger partial charge on any atom is 0.256 e. The third-order valence-corrected chi connectivity index (χ3v) is 4.37. The number of nitrogens with one attached hydrogen (secondary N) is 1. The Kier molecular flexibility index (Phi) is 4.97. The molecule has 3 rings (SSSR count). The summed E-state index contributed by atoms with van der Waals surface area (Å²) in [4.78, 5) is 26.3. The number of carbonyl (C=O) groups is 2. The summed E-state index contributed by atoms with van der Waals surface area (Å²) < 4.78 is 13.7. The van der Waals surface area contributed by atoms with Crippen LogP contribution in [0.15, 0.2) is 48.5 Å². The second-order valence-corrected chi connectivity index (χ2v) is 6.15. The maximum absolute atomic E-state index is 13.7. The fourth-order valence-electron chi connectivity index (χ4n) is 2.98. The van der Waals surface area contributed by atoms with Crippen molar-refractivity contribution >= 4 is 17.5 Å². The summed E-state index contributed by atoms with van der Waals surface area (Å²) >= 11 is 0. The highest BCUT2D eigenvalue weighted by molar-refractivity contribution is 5.95. The van der Waals surface area contributed by atoms with Gasteiger partial charge in [-0.2, -0.15) is 0 Å². The number of carbonyl (C=O) groups excluding carboxylic acids is 2. The van der Waals surface area contributed by atoms with Crippen molar-refractivity contribution in [3.8, 4) is 0 Å². The molecule has 6 heteroatoms. The predicted molar refractivity (Wildman–Crippen MR) is 93.6 cm³/mol. The van der Waals surface area contributed by atoms with Gasteiger partial charge in [-0.3, -0.25) is 9.59 Å². The van der Waals surface area contributed by atoms with Crippen LogP contribution in [0.5, 0.6) is 0 Å². The lowest BCUT2D eigenvalue weighted by Crippen LogP contribution is -2.46. The van der Waals surface area contributed by atoms with Gasteiger partial charge in [-0.25, -0.2) is 4.39 Å². The van der Waals surface area contributed by atoms with Gasteiger partial charge in [0.1, 0.15) is 5.82 Å². The lowest BCUT2D eigenvalue weighted by molar-refractivity contribution is 0.0693. The first-order valence-electron chi connectivity index (χ1n) is 8.25. The number of piperidine rings is 1. The number of rotatable bonds is 3. The zero-order valence-corrected chi connectivity index (χ0v) is 13.7. The largest absolute Gasteiger partial charge is 0.399 e. The molecule has 1 fully saturated rings. The Labute approximate surface area is 145 Å². The molecule has 0 bridgehead atoms. The quantitative estimate of drug-likeness (QED) is 0.842. The monoisotopic (exact) mass is 341 g/mol. The van der Waals surface area contributed by atoms with Crippen molar-refractivity contribution in [2.45, 2.75) is 18.9 Å². The molecule has 3 N–H and O–H groups in total. The van der Waals surface area contributed by atoms with Gasteiger partial charge < -0.3 is 16.0 Å². The Bertz CT molecular complexity index is 786. The van der Waals surface area contributed by atoms with E-state index in [0.717, 1.165) is 0 Å².